The Hall–Kier alpha value is -3.66. The van der Waals surface area contributed by atoms with Gasteiger partial charge >= 0.3 is 17.7 Å². The number of hydrogen-bond donors (Lipinski definition) is 1. The number of benzene rings is 2. The van der Waals surface area contributed by atoms with E-state index in [9.17, 15) is 24.5 Å². The summed E-state index contributed by atoms with van der Waals surface area (Å²) in [4.78, 5) is 46.8. The van der Waals surface area contributed by atoms with Gasteiger partial charge in [0.15, 0.2) is 6.61 Å². The number of amides is 3. The Morgan fingerprint density at radius 2 is 1.93 bits per heavy atom. The largest absolute Gasteiger partial charge is 0.452 e. The third kappa shape index (κ3) is 4.79. The molecule has 0 aromatic heterocycles. The van der Waals surface area contributed by atoms with Gasteiger partial charge in [-0.3, -0.25) is 19.8 Å². The number of nitro groups is 1. The summed E-state index contributed by atoms with van der Waals surface area (Å²) in [6.45, 7) is 0.00528. The molecule has 150 valence electrons. The molecule has 0 radical (unpaired) electrons. The average Bonchev–Trinajstić information content (AvgIpc) is 3.13. The number of halogens is 1. The summed E-state index contributed by atoms with van der Waals surface area (Å²) in [6.07, 6.45) is 0. The van der Waals surface area contributed by atoms with Gasteiger partial charge in [0, 0.05) is 24.2 Å². The van der Waals surface area contributed by atoms with Gasteiger partial charge in [0.05, 0.1) is 10.5 Å². The second-order valence-electron chi connectivity index (χ2n) is 5.85. The number of rotatable bonds is 6. The number of imide groups is 1. The maximum Gasteiger partial charge on any atom is 0.338 e. The number of carbonyl (C=O) groups is 3. The third-order valence-electron chi connectivity index (χ3n) is 3.92. The highest BCUT2D eigenvalue weighted by Gasteiger charge is 2.27. The van der Waals surface area contributed by atoms with Crippen molar-refractivity contribution in [2.24, 2.45) is 0 Å². The lowest BCUT2D eigenvalue weighted by atomic mass is 10.2. The van der Waals surface area contributed by atoms with Crippen molar-refractivity contribution in [1.82, 2.24) is 10.2 Å². The Morgan fingerprint density at radius 1 is 1.21 bits per heavy atom. The summed E-state index contributed by atoms with van der Waals surface area (Å²) < 4.78 is 10.4. The molecule has 0 spiro atoms. The van der Waals surface area contributed by atoms with Gasteiger partial charge in [-0.1, -0.05) is 11.6 Å². The molecule has 1 saturated heterocycles. The standard InChI is InChI=1S/C18H14ClN3O7/c19-12-3-6-15(14(9-12)22(26)27)29-13-4-1-11(2-5-13)17(24)28-10-16(23)21-8-7-20-18(21)25/h1-6,9H,7-8,10H2,(H,20,25). The zero-order valence-electron chi connectivity index (χ0n) is 14.8. The predicted molar refractivity (Wildman–Crippen MR) is 100 cm³/mol. The molecule has 1 aliphatic rings. The summed E-state index contributed by atoms with van der Waals surface area (Å²) in [6, 6.07) is 9.06. The Balaban J connectivity index is 1.61. The van der Waals surface area contributed by atoms with E-state index in [2.05, 4.69) is 5.32 Å². The van der Waals surface area contributed by atoms with Crippen LogP contribution in [-0.2, 0) is 9.53 Å². The van der Waals surface area contributed by atoms with E-state index >= 15 is 0 Å². The van der Waals surface area contributed by atoms with Crippen molar-refractivity contribution < 1.29 is 28.8 Å². The van der Waals surface area contributed by atoms with Gasteiger partial charge in [0.25, 0.3) is 5.91 Å². The molecular formula is C18H14ClN3O7. The quantitative estimate of drug-likeness (QED) is 0.433. The van der Waals surface area contributed by atoms with Crippen LogP contribution >= 0.6 is 11.6 Å². The van der Waals surface area contributed by atoms with Crippen molar-refractivity contribution in [3.05, 3.63) is 63.2 Å². The smallest absolute Gasteiger partial charge is 0.338 e. The van der Waals surface area contributed by atoms with Gasteiger partial charge in [-0.2, -0.15) is 0 Å². The third-order valence-corrected chi connectivity index (χ3v) is 4.16. The van der Waals surface area contributed by atoms with Gasteiger partial charge < -0.3 is 14.8 Å². The topological polar surface area (TPSA) is 128 Å². The van der Waals surface area contributed by atoms with E-state index in [1.165, 1.54) is 42.5 Å². The molecular weight excluding hydrogens is 406 g/mol. The molecule has 1 heterocycles. The predicted octanol–water partition coefficient (Wildman–Crippen LogP) is 2.75. The number of esters is 1. The number of nitro benzene ring substituents is 1. The van der Waals surface area contributed by atoms with E-state index in [-0.39, 0.29) is 34.3 Å². The lowest BCUT2D eigenvalue weighted by molar-refractivity contribution is -0.385. The van der Waals surface area contributed by atoms with Crippen molar-refractivity contribution in [3.8, 4) is 11.5 Å². The van der Waals surface area contributed by atoms with E-state index in [0.717, 1.165) is 4.90 Å². The van der Waals surface area contributed by atoms with Crippen LogP contribution in [0.5, 0.6) is 11.5 Å². The van der Waals surface area contributed by atoms with Gasteiger partial charge in [-0.05, 0) is 36.4 Å². The van der Waals surface area contributed by atoms with Crippen molar-refractivity contribution in [2.45, 2.75) is 0 Å². The first-order valence-electron chi connectivity index (χ1n) is 8.32. The minimum absolute atomic E-state index is 0.00999. The SMILES string of the molecule is O=C(OCC(=O)N1CCNC1=O)c1ccc(Oc2ccc(Cl)cc2[N+](=O)[O-])cc1. The van der Waals surface area contributed by atoms with Crippen molar-refractivity contribution >= 4 is 35.2 Å². The van der Waals surface area contributed by atoms with Crippen LogP contribution in [-0.4, -0.2) is 47.4 Å². The first kappa shape index (κ1) is 20.1. The molecule has 0 bridgehead atoms. The Labute approximate surface area is 169 Å². The Kier molecular flexibility index (Phi) is 5.93. The molecule has 2 aromatic carbocycles. The number of urea groups is 1. The van der Waals surface area contributed by atoms with E-state index in [4.69, 9.17) is 21.1 Å². The van der Waals surface area contributed by atoms with Crippen LogP contribution in [0.15, 0.2) is 42.5 Å². The molecule has 1 fully saturated rings. The fraction of sp³-hybridized carbons (Fsp3) is 0.167. The van der Waals surface area contributed by atoms with Gasteiger partial charge in [-0.15, -0.1) is 0 Å². The fourth-order valence-corrected chi connectivity index (χ4v) is 2.67. The lowest BCUT2D eigenvalue weighted by Crippen LogP contribution is -2.37. The summed E-state index contributed by atoms with van der Waals surface area (Å²) in [5, 5.41) is 13.8. The molecule has 0 unspecified atom stereocenters. The monoisotopic (exact) mass is 419 g/mol. The van der Waals surface area contributed by atoms with Crippen LogP contribution in [0.1, 0.15) is 10.4 Å². The van der Waals surface area contributed by atoms with E-state index < -0.39 is 29.4 Å². The number of hydrogen-bond acceptors (Lipinski definition) is 7. The van der Waals surface area contributed by atoms with Crippen LogP contribution in [0.4, 0.5) is 10.5 Å². The molecule has 29 heavy (non-hydrogen) atoms. The molecule has 1 N–H and O–H groups in total. The van der Waals surface area contributed by atoms with Gasteiger partial charge in [0.1, 0.15) is 5.75 Å². The minimum atomic E-state index is -0.762. The van der Waals surface area contributed by atoms with Crippen LogP contribution in [0.2, 0.25) is 5.02 Å². The highest BCUT2D eigenvalue weighted by Crippen LogP contribution is 2.33. The first-order chi connectivity index (χ1) is 13.8. The van der Waals surface area contributed by atoms with Crippen molar-refractivity contribution in [2.75, 3.05) is 19.7 Å². The van der Waals surface area contributed by atoms with Gasteiger partial charge in [-0.25, -0.2) is 9.59 Å². The Bertz CT molecular complexity index is 978. The fourth-order valence-electron chi connectivity index (χ4n) is 2.50. The van der Waals surface area contributed by atoms with E-state index in [1.807, 2.05) is 0 Å². The van der Waals surface area contributed by atoms with Crippen molar-refractivity contribution in [1.29, 1.82) is 0 Å². The van der Waals surface area contributed by atoms with Crippen LogP contribution < -0.4 is 10.1 Å². The zero-order valence-corrected chi connectivity index (χ0v) is 15.5. The normalized spacial score (nSPS) is 13.0. The molecule has 3 rings (SSSR count). The molecule has 0 atom stereocenters. The second-order valence-corrected chi connectivity index (χ2v) is 6.29. The zero-order chi connectivity index (χ0) is 21.0. The highest BCUT2D eigenvalue weighted by molar-refractivity contribution is 6.30. The van der Waals surface area contributed by atoms with E-state index in [1.54, 1.807) is 0 Å². The highest BCUT2D eigenvalue weighted by atomic mass is 35.5. The molecule has 10 nitrogen and oxygen atoms in total. The number of carbonyl (C=O) groups excluding carboxylic acids is 3. The van der Waals surface area contributed by atoms with Crippen molar-refractivity contribution in [3.63, 3.8) is 0 Å². The average molecular weight is 420 g/mol. The van der Waals surface area contributed by atoms with Crippen LogP contribution in [0.3, 0.4) is 0 Å². The van der Waals surface area contributed by atoms with Crippen LogP contribution in [0.25, 0.3) is 0 Å². The maximum absolute atomic E-state index is 12.1. The molecule has 0 aliphatic carbocycles. The maximum atomic E-state index is 12.1. The summed E-state index contributed by atoms with van der Waals surface area (Å²) >= 11 is 5.76. The number of nitrogens with zero attached hydrogens (tertiary/aromatic N) is 2. The van der Waals surface area contributed by atoms with Gasteiger partial charge in [0.2, 0.25) is 5.75 Å². The lowest BCUT2D eigenvalue weighted by Gasteiger charge is -2.12. The minimum Gasteiger partial charge on any atom is -0.452 e. The summed E-state index contributed by atoms with van der Waals surface area (Å²) in [7, 11) is 0. The molecule has 11 heteroatoms. The van der Waals surface area contributed by atoms with E-state index in [0.29, 0.717) is 6.54 Å². The molecule has 3 amide bonds. The second kappa shape index (κ2) is 8.57. The van der Waals surface area contributed by atoms with Crippen LogP contribution in [0, 0.1) is 10.1 Å². The first-order valence-corrected chi connectivity index (χ1v) is 8.70. The molecule has 2 aromatic rings. The molecule has 1 aliphatic heterocycles. The summed E-state index contributed by atoms with van der Waals surface area (Å²) in [5.74, 6) is -1.15. The number of ether oxygens (including phenoxy) is 2. The molecule has 0 saturated carbocycles. The summed E-state index contributed by atoms with van der Waals surface area (Å²) in [5.41, 5.74) is -0.160. The number of nitrogens with one attached hydrogen (secondary N) is 1. The Morgan fingerprint density at radius 3 is 2.55 bits per heavy atom.